The van der Waals surface area contributed by atoms with E-state index in [4.69, 9.17) is 0 Å². The van der Waals surface area contributed by atoms with E-state index in [0.29, 0.717) is 5.56 Å². The van der Waals surface area contributed by atoms with Crippen LogP contribution in [0.3, 0.4) is 0 Å². The molecule has 3 rings (SSSR count). The van der Waals surface area contributed by atoms with Crippen LogP contribution >= 0.6 is 11.3 Å². The average molecular weight is 329 g/mol. The van der Waals surface area contributed by atoms with Crippen molar-refractivity contribution in [1.29, 1.82) is 0 Å². The molecule has 6 nitrogen and oxygen atoms in total. The molecule has 0 saturated heterocycles. The quantitative estimate of drug-likeness (QED) is 0.798. The Kier molecular flexibility index (Phi) is 4.12. The molecule has 0 aliphatic rings. The fourth-order valence-electron chi connectivity index (χ4n) is 2.43. The number of aromatic nitrogens is 4. The lowest BCUT2D eigenvalue weighted by Gasteiger charge is -2.15. The van der Waals surface area contributed by atoms with E-state index >= 15 is 0 Å². The highest BCUT2D eigenvalue weighted by Crippen LogP contribution is 2.25. The van der Waals surface area contributed by atoms with Crippen molar-refractivity contribution in [3.05, 3.63) is 45.3 Å². The Hall–Kier alpha value is -2.28. The maximum Gasteiger partial charge on any atom is 0.255 e. The van der Waals surface area contributed by atoms with Gasteiger partial charge in [0.2, 0.25) is 0 Å². The van der Waals surface area contributed by atoms with Gasteiger partial charge in [-0.15, -0.1) is 11.3 Å². The van der Waals surface area contributed by atoms with Crippen LogP contribution in [0.2, 0.25) is 0 Å². The van der Waals surface area contributed by atoms with Crippen LogP contribution in [0.1, 0.15) is 51.0 Å². The molecule has 0 spiro atoms. The summed E-state index contributed by atoms with van der Waals surface area (Å²) in [6, 6.07) is 1.72. The number of fused-ring (bicyclic) bond motifs is 1. The zero-order valence-corrected chi connectivity index (χ0v) is 14.4. The summed E-state index contributed by atoms with van der Waals surface area (Å²) in [6.45, 7) is 7.95. The maximum absolute atomic E-state index is 12.7. The lowest BCUT2D eigenvalue weighted by molar-refractivity contribution is 0.0934. The standard InChI is InChI=1S/C16H19N5OS/c1-5-13(16-19-9(2)11(4)23-16)20-15(22)12-8-17-14-6-7-18-21(14)10(12)3/h6-8,13H,5H2,1-4H3,(H,20,22)/t13-/m0/s1. The van der Waals surface area contributed by atoms with Crippen LogP contribution < -0.4 is 5.32 Å². The van der Waals surface area contributed by atoms with E-state index in [9.17, 15) is 4.79 Å². The molecule has 23 heavy (non-hydrogen) atoms. The number of carbonyl (C=O) groups excluding carboxylic acids is 1. The Bertz CT molecular complexity index is 847. The Balaban J connectivity index is 1.87. The highest BCUT2D eigenvalue weighted by molar-refractivity contribution is 7.11. The van der Waals surface area contributed by atoms with E-state index in [1.165, 1.54) is 4.88 Å². The van der Waals surface area contributed by atoms with Crippen molar-refractivity contribution in [3.63, 3.8) is 0 Å². The molecular weight excluding hydrogens is 310 g/mol. The van der Waals surface area contributed by atoms with Crippen LogP contribution in [0.5, 0.6) is 0 Å². The van der Waals surface area contributed by atoms with Crippen molar-refractivity contribution < 1.29 is 4.79 Å². The molecular formula is C16H19N5OS. The molecule has 1 amide bonds. The molecule has 7 heteroatoms. The molecule has 1 atom stereocenters. The second kappa shape index (κ2) is 6.08. The molecule has 3 aromatic heterocycles. The smallest absolute Gasteiger partial charge is 0.255 e. The van der Waals surface area contributed by atoms with Gasteiger partial charge in [-0.3, -0.25) is 4.79 Å². The Morgan fingerprint density at radius 2 is 2.17 bits per heavy atom. The summed E-state index contributed by atoms with van der Waals surface area (Å²) in [5, 5.41) is 8.21. The summed E-state index contributed by atoms with van der Waals surface area (Å²) in [5.74, 6) is -0.148. The van der Waals surface area contributed by atoms with Crippen LogP contribution in [0.25, 0.3) is 5.65 Å². The lowest BCUT2D eigenvalue weighted by Crippen LogP contribution is -2.29. The third-order valence-electron chi connectivity index (χ3n) is 3.96. The van der Waals surface area contributed by atoms with Crippen molar-refractivity contribution >= 4 is 22.9 Å². The molecule has 0 aliphatic heterocycles. The van der Waals surface area contributed by atoms with Gasteiger partial charge in [0.05, 0.1) is 29.2 Å². The molecule has 120 valence electrons. The predicted octanol–water partition coefficient (Wildman–Crippen LogP) is 2.99. The first kappa shape index (κ1) is 15.6. The van der Waals surface area contributed by atoms with Gasteiger partial charge < -0.3 is 5.32 Å². The lowest BCUT2D eigenvalue weighted by atomic mass is 10.2. The summed E-state index contributed by atoms with van der Waals surface area (Å²) in [5.41, 5.74) is 3.06. The van der Waals surface area contributed by atoms with Crippen molar-refractivity contribution in [2.24, 2.45) is 0 Å². The topological polar surface area (TPSA) is 72.2 Å². The van der Waals surface area contributed by atoms with Gasteiger partial charge in [-0.25, -0.2) is 14.5 Å². The predicted molar refractivity (Wildman–Crippen MR) is 89.8 cm³/mol. The van der Waals surface area contributed by atoms with Crippen molar-refractivity contribution in [3.8, 4) is 0 Å². The van der Waals surface area contributed by atoms with Gasteiger partial charge in [0.15, 0.2) is 5.65 Å². The number of hydrogen-bond acceptors (Lipinski definition) is 5. The number of nitrogens with zero attached hydrogens (tertiary/aromatic N) is 4. The normalized spacial score (nSPS) is 12.5. The van der Waals surface area contributed by atoms with Crippen LogP contribution in [0.15, 0.2) is 18.5 Å². The largest absolute Gasteiger partial charge is 0.343 e. The first-order valence-corrected chi connectivity index (χ1v) is 8.37. The molecule has 1 N–H and O–H groups in total. The van der Waals surface area contributed by atoms with Crippen LogP contribution in [-0.2, 0) is 0 Å². The minimum absolute atomic E-state index is 0.0902. The molecule has 0 bridgehead atoms. The Morgan fingerprint density at radius 3 is 2.83 bits per heavy atom. The summed E-state index contributed by atoms with van der Waals surface area (Å²) < 4.78 is 1.67. The number of amides is 1. The third kappa shape index (κ3) is 2.84. The first-order valence-electron chi connectivity index (χ1n) is 7.55. The summed E-state index contributed by atoms with van der Waals surface area (Å²) in [4.78, 5) is 22.7. The van der Waals surface area contributed by atoms with Gasteiger partial charge in [-0.1, -0.05) is 6.92 Å². The first-order chi connectivity index (χ1) is 11.0. The second-order valence-electron chi connectivity index (χ2n) is 5.49. The van der Waals surface area contributed by atoms with E-state index in [1.807, 2.05) is 33.8 Å². The SMILES string of the molecule is CC[C@H](NC(=O)c1cnc2ccnn2c1C)c1nc(C)c(C)s1. The van der Waals surface area contributed by atoms with Crippen molar-refractivity contribution in [2.75, 3.05) is 0 Å². The molecule has 0 fully saturated rings. The van der Waals surface area contributed by atoms with E-state index in [2.05, 4.69) is 20.4 Å². The molecule has 0 aromatic carbocycles. The number of nitrogens with one attached hydrogen (secondary N) is 1. The van der Waals surface area contributed by atoms with Crippen molar-refractivity contribution in [2.45, 2.75) is 40.2 Å². The van der Waals surface area contributed by atoms with E-state index in [-0.39, 0.29) is 11.9 Å². The molecule has 0 radical (unpaired) electrons. The fourth-order valence-corrected chi connectivity index (χ4v) is 3.49. The van der Waals surface area contributed by atoms with Gasteiger partial charge in [-0.2, -0.15) is 5.10 Å². The molecule has 0 unspecified atom stereocenters. The minimum atomic E-state index is -0.148. The zero-order valence-electron chi connectivity index (χ0n) is 13.6. The van der Waals surface area contributed by atoms with E-state index in [0.717, 1.165) is 28.5 Å². The Labute approximate surface area is 138 Å². The number of hydrogen-bond donors (Lipinski definition) is 1. The molecule has 0 saturated carbocycles. The van der Waals surface area contributed by atoms with Gasteiger partial charge in [0.1, 0.15) is 5.01 Å². The van der Waals surface area contributed by atoms with Crippen molar-refractivity contribution in [1.82, 2.24) is 24.9 Å². The molecule has 3 heterocycles. The maximum atomic E-state index is 12.7. The summed E-state index contributed by atoms with van der Waals surface area (Å²) in [6.07, 6.45) is 4.06. The number of rotatable bonds is 4. The second-order valence-corrected chi connectivity index (χ2v) is 6.72. The van der Waals surface area contributed by atoms with E-state index in [1.54, 1.807) is 28.2 Å². The monoisotopic (exact) mass is 329 g/mol. The minimum Gasteiger partial charge on any atom is -0.343 e. The van der Waals surface area contributed by atoms with Gasteiger partial charge >= 0.3 is 0 Å². The Morgan fingerprint density at radius 1 is 1.39 bits per heavy atom. The molecule has 3 aromatic rings. The highest BCUT2D eigenvalue weighted by atomic mass is 32.1. The van der Waals surface area contributed by atoms with E-state index < -0.39 is 0 Å². The van der Waals surface area contributed by atoms with Gasteiger partial charge in [-0.05, 0) is 27.2 Å². The number of carbonyl (C=O) groups is 1. The zero-order chi connectivity index (χ0) is 16.6. The number of thiazole rings is 1. The van der Waals surface area contributed by atoms with Crippen LogP contribution in [0, 0.1) is 20.8 Å². The molecule has 0 aliphatic carbocycles. The highest BCUT2D eigenvalue weighted by Gasteiger charge is 2.20. The fraction of sp³-hybridized carbons (Fsp3) is 0.375. The van der Waals surface area contributed by atoms with Crippen LogP contribution in [0.4, 0.5) is 0 Å². The summed E-state index contributed by atoms with van der Waals surface area (Å²) >= 11 is 1.63. The summed E-state index contributed by atoms with van der Waals surface area (Å²) in [7, 11) is 0. The average Bonchev–Trinajstić information content (AvgIpc) is 3.13. The third-order valence-corrected chi connectivity index (χ3v) is 5.14. The van der Waals surface area contributed by atoms with Gasteiger partial charge in [0, 0.05) is 17.1 Å². The van der Waals surface area contributed by atoms with Gasteiger partial charge in [0.25, 0.3) is 5.91 Å². The van der Waals surface area contributed by atoms with Crippen LogP contribution in [-0.4, -0.2) is 25.5 Å². The number of aryl methyl sites for hydroxylation is 3.